The molecule has 0 saturated carbocycles. The molecule has 0 bridgehead atoms. The third-order valence-electron chi connectivity index (χ3n) is 2.10. The molecule has 1 rings (SSSR count). The van der Waals surface area contributed by atoms with Crippen LogP contribution in [0.4, 0.5) is 17.1 Å². The van der Waals surface area contributed by atoms with E-state index < -0.39 is 0 Å². The SMILES string of the molecule is [CH2]c1c(NC)ccc(NC)c1NC. The Morgan fingerprint density at radius 2 is 1.46 bits per heavy atom. The van der Waals surface area contributed by atoms with Crippen LogP contribution in [0.25, 0.3) is 0 Å². The topological polar surface area (TPSA) is 36.1 Å². The van der Waals surface area contributed by atoms with Gasteiger partial charge in [-0.15, -0.1) is 0 Å². The minimum absolute atomic E-state index is 0.983. The average Bonchev–Trinajstić information content (AvgIpc) is 2.17. The molecule has 0 unspecified atom stereocenters. The Hall–Kier alpha value is -1.38. The Balaban J connectivity index is 3.23. The quantitative estimate of drug-likeness (QED) is 0.662. The summed E-state index contributed by atoms with van der Waals surface area (Å²) in [5, 5.41) is 9.32. The molecule has 0 atom stereocenters. The third-order valence-corrected chi connectivity index (χ3v) is 2.10. The second-order valence-corrected chi connectivity index (χ2v) is 2.76. The van der Waals surface area contributed by atoms with Crippen molar-refractivity contribution < 1.29 is 0 Å². The van der Waals surface area contributed by atoms with Gasteiger partial charge in [-0.3, -0.25) is 0 Å². The first kappa shape index (κ1) is 9.71. The smallest absolute Gasteiger partial charge is 0.0626 e. The summed E-state index contributed by atoms with van der Waals surface area (Å²) in [6, 6.07) is 4.03. The molecular weight excluding hydrogens is 162 g/mol. The maximum Gasteiger partial charge on any atom is 0.0626 e. The Morgan fingerprint density at radius 3 is 1.92 bits per heavy atom. The van der Waals surface area contributed by atoms with Crippen molar-refractivity contribution in [1.29, 1.82) is 0 Å². The molecule has 0 spiro atoms. The number of hydrogen-bond acceptors (Lipinski definition) is 3. The number of hydrogen-bond donors (Lipinski definition) is 3. The van der Waals surface area contributed by atoms with E-state index in [4.69, 9.17) is 0 Å². The van der Waals surface area contributed by atoms with Crippen molar-refractivity contribution >= 4 is 17.1 Å². The van der Waals surface area contributed by atoms with Crippen molar-refractivity contribution in [2.75, 3.05) is 37.1 Å². The van der Waals surface area contributed by atoms with Crippen LogP contribution in [-0.2, 0) is 0 Å². The van der Waals surface area contributed by atoms with E-state index in [1.807, 2.05) is 33.3 Å². The Labute approximate surface area is 79.5 Å². The van der Waals surface area contributed by atoms with Crippen LogP contribution in [-0.4, -0.2) is 21.1 Å². The van der Waals surface area contributed by atoms with Crippen LogP contribution in [0.2, 0.25) is 0 Å². The molecule has 0 aliphatic heterocycles. The molecule has 0 amide bonds. The maximum absolute atomic E-state index is 4.01. The van der Waals surface area contributed by atoms with Gasteiger partial charge in [0.2, 0.25) is 0 Å². The molecule has 0 fully saturated rings. The standard InChI is InChI=1S/C10H16N3/c1-7-8(11-2)5-6-9(12-3)10(7)13-4/h5-6,11-13H,1H2,2-4H3. The van der Waals surface area contributed by atoms with Crippen LogP contribution >= 0.6 is 0 Å². The van der Waals surface area contributed by atoms with Crippen molar-refractivity contribution in [1.82, 2.24) is 0 Å². The Morgan fingerprint density at radius 1 is 0.923 bits per heavy atom. The fourth-order valence-electron chi connectivity index (χ4n) is 1.38. The second-order valence-electron chi connectivity index (χ2n) is 2.76. The molecule has 0 saturated heterocycles. The van der Waals surface area contributed by atoms with Gasteiger partial charge in [0.1, 0.15) is 0 Å². The van der Waals surface area contributed by atoms with Crippen LogP contribution in [0, 0.1) is 6.92 Å². The molecule has 3 heteroatoms. The lowest BCUT2D eigenvalue weighted by atomic mass is 10.1. The highest BCUT2D eigenvalue weighted by molar-refractivity contribution is 5.79. The van der Waals surface area contributed by atoms with Gasteiger partial charge >= 0.3 is 0 Å². The largest absolute Gasteiger partial charge is 0.388 e. The van der Waals surface area contributed by atoms with Gasteiger partial charge in [-0.2, -0.15) is 0 Å². The van der Waals surface area contributed by atoms with Gasteiger partial charge in [-0.25, -0.2) is 0 Å². The zero-order chi connectivity index (χ0) is 9.84. The molecule has 0 aromatic heterocycles. The minimum Gasteiger partial charge on any atom is -0.388 e. The van der Waals surface area contributed by atoms with Gasteiger partial charge in [0.05, 0.1) is 11.4 Å². The van der Waals surface area contributed by atoms with E-state index in [2.05, 4.69) is 22.9 Å². The fourth-order valence-corrected chi connectivity index (χ4v) is 1.38. The molecule has 0 aliphatic carbocycles. The predicted molar refractivity (Wildman–Crippen MR) is 59.5 cm³/mol. The first-order chi connectivity index (χ1) is 6.24. The number of benzene rings is 1. The fraction of sp³-hybridized carbons (Fsp3) is 0.300. The summed E-state index contributed by atoms with van der Waals surface area (Å²) >= 11 is 0. The first-order valence-corrected chi connectivity index (χ1v) is 4.26. The summed E-state index contributed by atoms with van der Waals surface area (Å²) < 4.78 is 0. The highest BCUT2D eigenvalue weighted by Crippen LogP contribution is 2.30. The van der Waals surface area contributed by atoms with Crippen molar-refractivity contribution in [2.24, 2.45) is 0 Å². The summed E-state index contributed by atoms with van der Waals surface area (Å²) in [5.41, 5.74) is 4.13. The van der Waals surface area contributed by atoms with Crippen LogP contribution in [0.3, 0.4) is 0 Å². The highest BCUT2D eigenvalue weighted by Gasteiger charge is 2.05. The Bertz CT molecular complexity index is 294. The van der Waals surface area contributed by atoms with Gasteiger partial charge in [0.25, 0.3) is 0 Å². The molecule has 71 valence electrons. The van der Waals surface area contributed by atoms with Crippen molar-refractivity contribution in [3.8, 4) is 0 Å². The van der Waals surface area contributed by atoms with Crippen molar-refractivity contribution in [3.05, 3.63) is 24.6 Å². The molecule has 0 aliphatic rings. The zero-order valence-corrected chi connectivity index (χ0v) is 8.36. The lowest BCUT2D eigenvalue weighted by molar-refractivity contribution is 1.40. The van der Waals surface area contributed by atoms with E-state index in [9.17, 15) is 0 Å². The summed E-state index contributed by atoms with van der Waals surface area (Å²) in [6.07, 6.45) is 0. The highest BCUT2D eigenvalue weighted by atomic mass is 14.9. The van der Waals surface area contributed by atoms with E-state index in [1.54, 1.807) is 0 Å². The van der Waals surface area contributed by atoms with Crippen LogP contribution in [0.1, 0.15) is 5.56 Å². The predicted octanol–water partition coefficient (Wildman–Crippen LogP) is 1.99. The minimum atomic E-state index is 0.983. The van der Waals surface area contributed by atoms with Gasteiger partial charge in [-0.1, -0.05) is 0 Å². The van der Waals surface area contributed by atoms with Crippen molar-refractivity contribution in [3.63, 3.8) is 0 Å². The summed E-state index contributed by atoms with van der Waals surface area (Å²) in [6.45, 7) is 4.01. The van der Waals surface area contributed by atoms with Crippen LogP contribution in [0.5, 0.6) is 0 Å². The summed E-state index contributed by atoms with van der Waals surface area (Å²) in [5.74, 6) is 0. The van der Waals surface area contributed by atoms with Crippen LogP contribution in [0.15, 0.2) is 12.1 Å². The van der Waals surface area contributed by atoms with E-state index >= 15 is 0 Å². The normalized spacial score (nSPS) is 9.54. The third kappa shape index (κ3) is 1.69. The van der Waals surface area contributed by atoms with Gasteiger partial charge in [0.15, 0.2) is 0 Å². The summed E-state index contributed by atoms with van der Waals surface area (Å²) in [7, 11) is 5.68. The number of rotatable bonds is 3. The van der Waals surface area contributed by atoms with E-state index in [-0.39, 0.29) is 0 Å². The van der Waals surface area contributed by atoms with E-state index in [0.29, 0.717) is 0 Å². The monoisotopic (exact) mass is 178 g/mol. The average molecular weight is 178 g/mol. The maximum atomic E-state index is 4.01. The number of nitrogens with one attached hydrogen (secondary N) is 3. The molecule has 1 aromatic rings. The molecule has 1 radical (unpaired) electrons. The van der Waals surface area contributed by atoms with E-state index in [0.717, 1.165) is 22.6 Å². The molecule has 0 heterocycles. The van der Waals surface area contributed by atoms with Crippen molar-refractivity contribution in [2.45, 2.75) is 0 Å². The van der Waals surface area contributed by atoms with E-state index in [1.165, 1.54) is 0 Å². The zero-order valence-electron chi connectivity index (χ0n) is 8.36. The molecule has 3 N–H and O–H groups in total. The van der Waals surface area contributed by atoms with Gasteiger partial charge in [0, 0.05) is 32.4 Å². The van der Waals surface area contributed by atoms with Gasteiger partial charge < -0.3 is 16.0 Å². The molecule has 13 heavy (non-hydrogen) atoms. The molecule has 1 aromatic carbocycles. The molecule has 3 nitrogen and oxygen atoms in total. The first-order valence-electron chi connectivity index (χ1n) is 4.26. The molecular formula is C10H16N3. The lowest BCUT2D eigenvalue weighted by Crippen LogP contribution is -2.01. The Kier molecular flexibility index (Phi) is 3.01. The second kappa shape index (κ2) is 4.03. The van der Waals surface area contributed by atoms with Gasteiger partial charge in [-0.05, 0) is 19.1 Å². The number of anilines is 3. The summed E-state index contributed by atoms with van der Waals surface area (Å²) in [4.78, 5) is 0. The lowest BCUT2D eigenvalue weighted by Gasteiger charge is -2.15. The van der Waals surface area contributed by atoms with Crippen LogP contribution < -0.4 is 16.0 Å².